The van der Waals surface area contributed by atoms with Gasteiger partial charge in [-0.2, -0.15) is 0 Å². The van der Waals surface area contributed by atoms with Crippen LogP contribution < -0.4 is 25.8 Å². The quantitative estimate of drug-likeness (QED) is 0.414. The average Bonchev–Trinajstić information content (AvgIpc) is 2.94. The Balaban J connectivity index is 0.00000216. The first-order valence-electron chi connectivity index (χ1n) is 14.0. The van der Waals surface area contributed by atoms with Crippen molar-refractivity contribution < 1.29 is 24.2 Å². The maximum atomic E-state index is 13.5. The van der Waals surface area contributed by atoms with Crippen molar-refractivity contribution in [3.05, 3.63) is 53.1 Å². The van der Waals surface area contributed by atoms with Crippen LogP contribution in [-0.2, 0) is 11.3 Å². The lowest BCUT2D eigenvalue weighted by Crippen LogP contribution is -2.51. The van der Waals surface area contributed by atoms with Crippen LogP contribution in [0.1, 0.15) is 88.3 Å². The molecule has 4 rings (SSSR count). The van der Waals surface area contributed by atoms with Crippen LogP contribution in [0.2, 0.25) is 0 Å². The molecule has 0 aromatic heterocycles. The molecular weight excluding hydrogens is 527 g/mol. The van der Waals surface area contributed by atoms with Gasteiger partial charge in [0.2, 0.25) is 5.91 Å². The van der Waals surface area contributed by atoms with Crippen LogP contribution in [0, 0.1) is 0 Å². The molecule has 2 aliphatic heterocycles. The summed E-state index contributed by atoms with van der Waals surface area (Å²) in [6.45, 7) is 12.1. The van der Waals surface area contributed by atoms with E-state index in [0.717, 1.165) is 18.1 Å². The van der Waals surface area contributed by atoms with Crippen molar-refractivity contribution in [2.45, 2.75) is 84.5 Å². The van der Waals surface area contributed by atoms with Crippen molar-refractivity contribution in [3.8, 4) is 11.5 Å². The molecule has 2 aromatic carbocycles. The highest BCUT2D eigenvalue weighted by molar-refractivity contribution is 7.27. The Kier molecular flexibility index (Phi) is 10.2. The van der Waals surface area contributed by atoms with Crippen molar-refractivity contribution in [2.24, 2.45) is 10.7 Å². The number of fused-ring (bicyclic) bond motifs is 1. The molecule has 9 nitrogen and oxygen atoms in total. The largest absolute Gasteiger partial charge is 0.494 e. The van der Waals surface area contributed by atoms with Gasteiger partial charge in [-0.15, -0.1) is 9.24 Å². The monoisotopic (exact) mass is 570 g/mol. The van der Waals surface area contributed by atoms with Crippen molar-refractivity contribution in [2.75, 3.05) is 13.2 Å². The molecular formula is C30H43N4O5P. The number of hydrogen-bond acceptors (Lipinski definition) is 7. The molecule has 0 aliphatic carbocycles. The standard InChI is InChI=1S/C28H37N4O5P.C2H6/c1-5-28(6-2)14-23(33)32(26(29)31-28)15-18-12-17(8-10-21(18)36-7-3)25(34)30-24-20-13-19(38)9-11-22(20)37-16-27(24,4)35;1-2/h8-13,24,35H,5-7,14-16,38H2,1-4H3,(H2,29,31)(H,30,34);1-2H3. The zero-order valence-electron chi connectivity index (χ0n) is 24.4. The molecule has 3 atom stereocenters. The van der Waals surface area contributed by atoms with E-state index >= 15 is 0 Å². The van der Waals surface area contributed by atoms with E-state index in [1.165, 1.54) is 4.90 Å². The molecule has 0 saturated carbocycles. The Morgan fingerprint density at radius 3 is 2.55 bits per heavy atom. The highest BCUT2D eigenvalue weighted by Crippen LogP contribution is 2.38. The summed E-state index contributed by atoms with van der Waals surface area (Å²) in [7, 11) is 2.62. The van der Waals surface area contributed by atoms with Gasteiger partial charge in [0.25, 0.3) is 5.91 Å². The van der Waals surface area contributed by atoms with E-state index < -0.39 is 17.2 Å². The molecule has 2 aliphatic rings. The van der Waals surface area contributed by atoms with E-state index in [-0.39, 0.29) is 37.3 Å². The third kappa shape index (κ3) is 6.58. The van der Waals surface area contributed by atoms with Crippen LogP contribution in [0.15, 0.2) is 41.4 Å². The van der Waals surface area contributed by atoms with Gasteiger partial charge in [-0.25, -0.2) is 4.99 Å². The zero-order chi connectivity index (χ0) is 29.7. The number of nitrogens with two attached hydrogens (primary N) is 1. The highest BCUT2D eigenvalue weighted by atomic mass is 31.0. The summed E-state index contributed by atoms with van der Waals surface area (Å²) in [5.74, 6) is 0.869. The predicted molar refractivity (Wildman–Crippen MR) is 161 cm³/mol. The van der Waals surface area contributed by atoms with Crippen molar-refractivity contribution in [1.82, 2.24) is 10.2 Å². The molecule has 4 N–H and O–H groups in total. The molecule has 0 spiro atoms. The molecule has 0 fully saturated rings. The second-order valence-corrected chi connectivity index (χ2v) is 10.8. The van der Waals surface area contributed by atoms with Gasteiger partial charge in [-0.05, 0) is 62.3 Å². The molecule has 218 valence electrons. The molecule has 10 heteroatoms. The van der Waals surface area contributed by atoms with E-state index in [2.05, 4.69) is 19.5 Å². The van der Waals surface area contributed by atoms with Crippen molar-refractivity contribution in [3.63, 3.8) is 0 Å². The number of benzene rings is 2. The second-order valence-electron chi connectivity index (χ2n) is 10.2. The maximum Gasteiger partial charge on any atom is 0.251 e. The van der Waals surface area contributed by atoms with Crippen molar-refractivity contribution >= 4 is 32.3 Å². The number of aliphatic hydroxyl groups is 1. The topological polar surface area (TPSA) is 126 Å². The molecule has 40 heavy (non-hydrogen) atoms. The van der Waals surface area contributed by atoms with Gasteiger partial charge in [-0.3, -0.25) is 14.5 Å². The highest BCUT2D eigenvalue weighted by Gasteiger charge is 2.41. The molecule has 0 bridgehead atoms. The third-order valence-corrected chi connectivity index (χ3v) is 7.80. The Morgan fingerprint density at radius 2 is 1.93 bits per heavy atom. The van der Waals surface area contributed by atoms with E-state index in [1.54, 1.807) is 25.1 Å². The minimum atomic E-state index is -1.31. The summed E-state index contributed by atoms with van der Waals surface area (Å²) >= 11 is 0. The Morgan fingerprint density at radius 1 is 1.23 bits per heavy atom. The fraction of sp³-hybridized carbons (Fsp3) is 0.500. The first kappa shape index (κ1) is 31.4. The summed E-state index contributed by atoms with van der Waals surface area (Å²) in [6.07, 6.45) is 1.72. The number of carbonyl (C=O) groups is 2. The fourth-order valence-electron chi connectivity index (χ4n) is 5.00. The van der Waals surface area contributed by atoms with Crippen LogP contribution >= 0.6 is 9.24 Å². The second kappa shape index (κ2) is 13.0. The third-order valence-electron chi connectivity index (χ3n) is 7.44. The predicted octanol–water partition coefficient (Wildman–Crippen LogP) is 3.83. The molecule has 0 radical (unpaired) electrons. The Bertz CT molecular complexity index is 1260. The molecule has 2 amide bonds. The smallest absolute Gasteiger partial charge is 0.251 e. The van der Waals surface area contributed by atoms with Crippen LogP contribution in [0.3, 0.4) is 0 Å². The van der Waals surface area contributed by atoms with Gasteiger partial charge < -0.3 is 25.6 Å². The number of ether oxygens (including phenoxy) is 2. The number of hydrogen-bond donors (Lipinski definition) is 3. The van der Waals surface area contributed by atoms with Crippen LogP contribution in [0.4, 0.5) is 0 Å². The molecule has 3 unspecified atom stereocenters. The number of aliphatic imine (C=N–C) groups is 1. The van der Waals surface area contributed by atoms with Crippen LogP contribution in [-0.4, -0.2) is 52.1 Å². The van der Waals surface area contributed by atoms with Gasteiger partial charge in [0, 0.05) is 16.7 Å². The SMILES string of the molecule is CC.CCOc1ccc(C(=O)NC2c3cc(P)ccc3OCC2(C)O)cc1CN1C(=O)CC(CC)(CC)N=C1N. The minimum Gasteiger partial charge on any atom is -0.494 e. The first-order valence-corrected chi connectivity index (χ1v) is 14.6. The molecule has 2 heterocycles. The lowest BCUT2D eigenvalue weighted by atomic mass is 9.87. The Hall–Kier alpha value is -3.16. The normalized spacial score (nSPS) is 21.3. The summed E-state index contributed by atoms with van der Waals surface area (Å²) in [4.78, 5) is 32.7. The van der Waals surface area contributed by atoms with Crippen LogP contribution in [0.5, 0.6) is 11.5 Å². The van der Waals surface area contributed by atoms with E-state index in [9.17, 15) is 14.7 Å². The van der Waals surface area contributed by atoms with Gasteiger partial charge in [0.05, 0.1) is 31.2 Å². The summed E-state index contributed by atoms with van der Waals surface area (Å²) in [6, 6.07) is 9.99. The van der Waals surface area contributed by atoms with Gasteiger partial charge in [0.1, 0.15) is 23.7 Å². The van der Waals surface area contributed by atoms with Crippen molar-refractivity contribution in [1.29, 1.82) is 0 Å². The first-order chi connectivity index (χ1) is 19.0. The number of rotatable bonds is 8. The van der Waals surface area contributed by atoms with Gasteiger partial charge >= 0.3 is 0 Å². The minimum absolute atomic E-state index is 0.0440. The average molecular weight is 571 g/mol. The molecule has 0 saturated heterocycles. The fourth-order valence-corrected chi connectivity index (χ4v) is 5.28. The molecule has 2 aromatic rings. The Labute approximate surface area is 239 Å². The lowest BCUT2D eigenvalue weighted by Gasteiger charge is -2.39. The number of nitrogens with one attached hydrogen (secondary N) is 1. The van der Waals surface area contributed by atoms with Crippen LogP contribution in [0.25, 0.3) is 0 Å². The summed E-state index contributed by atoms with van der Waals surface area (Å²) < 4.78 is 11.5. The maximum absolute atomic E-state index is 13.5. The van der Waals surface area contributed by atoms with Gasteiger partial charge in [-0.1, -0.05) is 33.8 Å². The number of carbonyl (C=O) groups excluding carboxylic acids is 2. The number of amides is 2. The summed E-state index contributed by atoms with van der Waals surface area (Å²) in [5, 5.41) is 15.0. The van der Waals surface area contributed by atoms with Gasteiger partial charge in [0.15, 0.2) is 5.96 Å². The van der Waals surface area contributed by atoms with E-state index in [0.29, 0.717) is 34.8 Å². The number of nitrogens with zero attached hydrogens (tertiary/aromatic N) is 2. The lowest BCUT2D eigenvalue weighted by molar-refractivity contribution is -0.130. The van der Waals surface area contributed by atoms with E-state index in [1.807, 2.05) is 52.8 Å². The summed E-state index contributed by atoms with van der Waals surface area (Å²) in [5.41, 5.74) is 6.18. The number of guanidine groups is 1. The zero-order valence-corrected chi connectivity index (χ0v) is 25.6. The van der Waals surface area contributed by atoms with E-state index in [4.69, 9.17) is 15.2 Å².